The zero-order valence-corrected chi connectivity index (χ0v) is 17.3. The normalized spacial score (nSPS) is 15.9. The lowest BCUT2D eigenvalue weighted by Gasteiger charge is -2.31. The second kappa shape index (κ2) is 8.41. The van der Waals surface area contributed by atoms with Gasteiger partial charge in [0.25, 0.3) is 0 Å². The predicted octanol–water partition coefficient (Wildman–Crippen LogP) is 3.04. The molecule has 27 heavy (non-hydrogen) atoms. The molecule has 0 spiro atoms. The molecule has 1 saturated heterocycles. The maximum Gasteiger partial charge on any atom is 0.342 e. The highest BCUT2D eigenvalue weighted by molar-refractivity contribution is 9.10. The van der Waals surface area contributed by atoms with Gasteiger partial charge in [0.05, 0.1) is 17.6 Å². The molecule has 1 aliphatic rings. The van der Waals surface area contributed by atoms with E-state index < -0.39 is 11.9 Å². The third-order valence-electron chi connectivity index (χ3n) is 4.51. The van der Waals surface area contributed by atoms with Crippen molar-refractivity contribution in [2.24, 2.45) is 0 Å². The van der Waals surface area contributed by atoms with Crippen LogP contribution in [0.1, 0.15) is 30.0 Å². The van der Waals surface area contributed by atoms with Gasteiger partial charge in [-0.1, -0.05) is 0 Å². The predicted molar refractivity (Wildman–Crippen MR) is 104 cm³/mol. The molecule has 0 radical (unpaired) electrons. The number of nitrogens with zero attached hydrogens (tertiary/aromatic N) is 2. The van der Waals surface area contributed by atoms with Crippen LogP contribution in [-0.2, 0) is 16.1 Å². The van der Waals surface area contributed by atoms with Gasteiger partial charge >= 0.3 is 11.9 Å². The van der Waals surface area contributed by atoms with Crippen LogP contribution in [0.2, 0.25) is 0 Å². The maximum absolute atomic E-state index is 12.6. The Bertz CT molecular complexity index is 855. The fraction of sp³-hybridized carbons (Fsp3) is 0.474. The molecular weight excluding hydrogens is 416 g/mol. The lowest BCUT2D eigenvalue weighted by molar-refractivity contribution is -0.131. The monoisotopic (exact) mass is 438 g/mol. The molecule has 1 aromatic carbocycles. The Morgan fingerprint density at radius 1 is 1.22 bits per heavy atom. The van der Waals surface area contributed by atoms with Gasteiger partial charge in [0, 0.05) is 38.5 Å². The molecule has 1 aromatic heterocycles. The van der Waals surface area contributed by atoms with E-state index in [1.54, 1.807) is 19.1 Å². The van der Waals surface area contributed by atoms with E-state index in [2.05, 4.69) is 32.8 Å². The number of rotatable bonds is 5. The zero-order chi connectivity index (χ0) is 19.6. The number of halogens is 1. The maximum atomic E-state index is 12.6. The van der Waals surface area contributed by atoms with E-state index in [1.165, 1.54) is 6.92 Å². The van der Waals surface area contributed by atoms with Crippen LogP contribution in [0.15, 0.2) is 21.0 Å². The van der Waals surface area contributed by atoms with Crippen LogP contribution in [0.5, 0.6) is 5.75 Å². The molecule has 0 N–H and O–H groups in total. The van der Waals surface area contributed by atoms with Gasteiger partial charge in [-0.2, -0.15) is 0 Å². The third-order valence-corrected chi connectivity index (χ3v) is 5.13. The molecule has 0 atom stereocenters. The topological polar surface area (TPSA) is 72.2 Å². The highest BCUT2D eigenvalue weighted by Gasteiger charge is 2.26. The number of esters is 2. The van der Waals surface area contributed by atoms with Gasteiger partial charge in [-0.05, 0) is 42.0 Å². The second-order valence-corrected chi connectivity index (χ2v) is 7.43. The van der Waals surface area contributed by atoms with Crippen LogP contribution < -0.4 is 4.74 Å². The van der Waals surface area contributed by atoms with Crippen LogP contribution in [0.3, 0.4) is 0 Å². The molecular formula is C19H23BrN2O5. The molecule has 0 amide bonds. The van der Waals surface area contributed by atoms with E-state index in [4.69, 9.17) is 13.9 Å². The number of hydrogen-bond acceptors (Lipinski definition) is 7. The third kappa shape index (κ3) is 4.51. The van der Waals surface area contributed by atoms with E-state index in [1.807, 2.05) is 0 Å². The molecule has 2 aromatic rings. The zero-order valence-electron chi connectivity index (χ0n) is 15.7. The largest absolute Gasteiger partial charge is 0.462 e. The van der Waals surface area contributed by atoms with E-state index in [0.717, 1.165) is 26.2 Å². The van der Waals surface area contributed by atoms with Gasteiger partial charge in [0.1, 0.15) is 22.7 Å². The second-order valence-electron chi connectivity index (χ2n) is 6.57. The van der Waals surface area contributed by atoms with Crippen LogP contribution in [0.25, 0.3) is 11.0 Å². The van der Waals surface area contributed by atoms with Gasteiger partial charge in [-0.15, -0.1) is 0 Å². The standard InChI is InChI=1S/C19H23BrN2O5/c1-4-25-19(24)18-13-9-16(26-12(2)23)14(20)10-15(13)27-17(18)11-22-7-5-21(3)6-8-22/h9-10H,4-8,11H2,1-3H3. The Hall–Kier alpha value is -1.90. The Kier molecular flexibility index (Phi) is 6.18. The molecule has 146 valence electrons. The number of ether oxygens (including phenoxy) is 2. The lowest BCUT2D eigenvalue weighted by Crippen LogP contribution is -2.44. The van der Waals surface area contributed by atoms with Crippen molar-refractivity contribution in [3.63, 3.8) is 0 Å². The van der Waals surface area contributed by atoms with E-state index in [-0.39, 0.29) is 6.61 Å². The van der Waals surface area contributed by atoms with Crippen LogP contribution >= 0.6 is 15.9 Å². The quantitative estimate of drug-likeness (QED) is 0.524. The van der Waals surface area contributed by atoms with Crippen molar-refractivity contribution in [2.45, 2.75) is 20.4 Å². The van der Waals surface area contributed by atoms with Crippen LogP contribution in [0.4, 0.5) is 0 Å². The molecule has 8 heteroatoms. The summed E-state index contributed by atoms with van der Waals surface area (Å²) >= 11 is 3.38. The summed E-state index contributed by atoms with van der Waals surface area (Å²) in [6, 6.07) is 3.36. The first-order valence-electron chi connectivity index (χ1n) is 8.90. The summed E-state index contributed by atoms with van der Waals surface area (Å²) in [4.78, 5) is 28.5. The molecule has 0 unspecified atom stereocenters. The highest BCUT2D eigenvalue weighted by atomic mass is 79.9. The number of benzene rings is 1. The Morgan fingerprint density at radius 2 is 1.93 bits per heavy atom. The Morgan fingerprint density at radius 3 is 2.56 bits per heavy atom. The highest BCUT2D eigenvalue weighted by Crippen LogP contribution is 2.36. The number of carbonyl (C=O) groups is 2. The average Bonchev–Trinajstić information content (AvgIpc) is 2.94. The van der Waals surface area contributed by atoms with Gasteiger partial charge in [0.15, 0.2) is 0 Å². The number of fused-ring (bicyclic) bond motifs is 1. The van der Waals surface area contributed by atoms with E-state index in [9.17, 15) is 9.59 Å². The molecule has 0 aliphatic carbocycles. The van der Waals surface area contributed by atoms with Gasteiger partial charge < -0.3 is 18.8 Å². The number of furan rings is 1. The summed E-state index contributed by atoms with van der Waals surface area (Å²) in [7, 11) is 2.09. The fourth-order valence-electron chi connectivity index (χ4n) is 3.13. The van der Waals surface area contributed by atoms with Gasteiger partial charge in [0.2, 0.25) is 0 Å². The molecule has 3 rings (SSSR count). The smallest absolute Gasteiger partial charge is 0.342 e. The Balaban J connectivity index is 2.01. The van der Waals surface area contributed by atoms with E-state index >= 15 is 0 Å². The number of hydrogen-bond donors (Lipinski definition) is 0. The van der Waals surface area contributed by atoms with Crippen molar-refractivity contribution < 1.29 is 23.5 Å². The molecule has 1 fully saturated rings. The summed E-state index contributed by atoms with van der Waals surface area (Å²) in [5, 5.41) is 0.581. The number of likely N-dealkylation sites (N-methyl/N-ethyl adjacent to an activating group) is 1. The summed E-state index contributed by atoms with van der Waals surface area (Å²) in [6.07, 6.45) is 0. The fourth-order valence-corrected chi connectivity index (χ4v) is 3.53. The summed E-state index contributed by atoms with van der Waals surface area (Å²) in [5.41, 5.74) is 0.941. The van der Waals surface area contributed by atoms with E-state index in [0.29, 0.717) is 39.1 Å². The minimum absolute atomic E-state index is 0.271. The summed E-state index contributed by atoms with van der Waals surface area (Å²) < 4.78 is 17.1. The molecule has 1 aliphatic heterocycles. The molecule has 2 heterocycles. The van der Waals surface area contributed by atoms with Crippen molar-refractivity contribution >= 4 is 38.8 Å². The molecule has 0 saturated carbocycles. The number of piperazine rings is 1. The van der Waals surface area contributed by atoms with Crippen molar-refractivity contribution in [2.75, 3.05) is 39.8 Å². The van der Waals surface area contributed by atoms with Gasteiger partial charge in [-0.3, -0.25) is 9.69 Å². The molecule has 0 bridgehead atoms. The van der Waals surface area contributed by atoms with Gasteiger partial charge in [-0.25, -0.2) is 4.79 Å². The van der Waals surface area contributed by atoms with Crippen LogP contribution in [-0.4, -0.2) is 61.6 Å². The minimum atomic E-state index is -0.436. The first-order chi connectivity index (χ1) is 12.9. The van der Waals surface area contributed by atoms with Crippen LogP contribution in [0, 0.1) is 0 Å². The minimum Gasteiger partial charge on any atom is -0.462 e. The summed E-state index contributed by atoms with van der Waals surface area (Å²) in [5.74, 6) is 0.0396. The van der Waals surface area contributed by atoms with Crippen molar-refractivity contribution in [3.05, 3.63) is 27.9 Å². The lowest BCUT2D eigenvalue weighted by atomic mass is 10.1. The first-order valence-corrected chi connectivity index (χ1v) is 9.69. The first kappa shape index (κ1) is 19.9. The number of carbonyl (C=O) groups excluding carboxylic acids is 2. The van der Waals surface area contributed by atoms with Crippen molar-refractivity contribution in [3.8, 4) is 5.75 Å². The Labute approximate surface area is 166 Å². The SMILES string of the molecule is CCOC(=O)c1c(CN2CCN(C)CC2)oc2cc(Br)c(OC(C)=O)cc12. The van der Waals surface area contributed by atoms with Crippen molar-refractivity contribution in [1.82, 2.24) is 9.80 Å². The summed E-state index contributed by atoms with van der Waals surface area (Å²) in [6.45, 7) is 7.63. The average molecular weight is 439 g/mol. The molecule has 7 nitrogen and oxygen atoms in total. The van der Waals surface area contributed by atoms with Crippen molar-refractivity contribution in [1.29, 1.82) is 0 Å².